The van der Waals surface area contributed by atoms with Gasteiger partial charge in [-0.05, 0) is 59.5 Å². The van der Waals surface area contributed by atoms with E-state index in [4.69, 9.17) is 4.74 Å². The normalized spacial score (nSPS) is 11.3. The molecule has 0 bridgehead atoms. The lowest BCUT2D eigenvalue weighted by Crippen LogP contribution is -2.17. The molecule has 0 unspecified atom stereocenters. The fraction of sp³-hybridized carbons (Fsp3) is 0.192. The van der Waals surface area contributed by atoms with Gasteiger partial charge in [0, 0.05) is 12.0 Å². The molecule has 0 aliphatic carbocycles. The van der Waals surface area contributed by atoms with Gasteiger partial charge in [-0.15, -0.1) is 0 Å². The third-order valence-corrected chi connectivity index (χ3v) is 4.85. The summed E-state index contributed by atoms with van der Waals surface area (Å²) in [5, 5.41) is 4.07. The first-order valence-electron chi connectivity index (χ1n) is 10.7. The number of hydrazone groups is 1. The second kappa shape index (κ2) is 9.92. The Kier molecular flexibility index (Phi) is 6.60. The molecule has 0 aliphatic heterocycles. The summed E-state index contributed by atoms with van der Waals surface area (Å²) in [6.07, 6.45) is 2.32. The highest BCUT2D eigenvalue weighted by Crippen LogP contribution is 2.16. The number of hydrogen-bond donors (Lipinski definition) is 2. The zero-order valence-electron chi connectivity index (χ0n) is 18.2. The van der Waals surface area contributed by atoms with E-state index in [2.05, 4.69) is 46.5 Å². The number of H-pyrrole nitrogens is 1. The van der Waals surface area contributed by atoms with E-state index in [0.29, 0.717) is 24.5 Å². The average Bonchev–Trinajstić information content (AvgIpc) is 3.20. The Bertz CT molecular complexity index is 1210. The number of amides is 1. The second-order valence-electron chi connectivity index (χ2n) is 8.05. The minimum atomic E-state index is -0.278. The lowest BCUT2D eigenvalue weighted by Gasteiger charge is -2.08. The number of carbonyl (C=O) groups is 1. The molecule has 1 heterocycles. The molecular formula is C26H26N4O2. The van der Waals surface area contributed by atoms with Crippen molar-refractivity contribution >= 4 is 23.2 Å². The van der Waals surface area contributed by atoms with Crippen LogP contribution in [0, 0.1) is 5.92 Å². The Balaban J connectivity index is 1.37. The molecule has 6 nitrogen and oxygen atoms in total. The van der Waals surface area contributed by atoms with E-state index >= 15 is 0 Å². The zero-order valence-corrected chi connectivity index (χ0v) is 18.2. The second-order valence-corrected chi connectivity index (χ2v) is 8.05. The standard InChI is InChI=1S/C26H26N4O2/c1-18(2)17-32-22-11-8-20(9-12-22)16-27-30-26(31)21-10-13-23-24(15-21)29-25(28-23)14-19-6-4-3-5-7-19/h3-13,15-16,18H,14,17H2,1-2H3,(H,28,29)(H,30,31)/b27-16-. The largest absolute Gasteiger partial charge is 0.493 e. The van der Waals surface area contributed by atoms with E-state index in [9.17, 15) is 4.79 Å². The molecule has 0 saturated heterocycles. The molecule has 1 aromatic heterocycles. The summed E-state index contributed by atoms with van der Waals surface area (Å²) in [6, 6.07) is 23.1. The molecule has 2 N–H and O–H groups in total. The molecule has 162 valence electrons. The van der Waals surface area contributed by atoms with Gasteiger partial charge in [-0.2, -0.15) is 5.10 Å². The van der Waals surface area contributed by atoms with Gasteiger partial charge in [-0.1, -0.05) is 44.2 Å². The molecule has 0 spiro atoms. The minimum absolute atomic E-state index is 0.278. The van der Waals surface area contributed by atoms with Gasteiger partial charge < -0.3 is 9.72 Å². The van der Waals surface area contributed by atoms with Crippen LogP contribution in [0.3, 0.4) is 0 Å². The van der Waals surface area contributed by atoms with Crippen LogP contribution in [0.1, 0.15) is 41.2 Å². The predicted molar refractivity (Wildman–Crippen MR) is 127 cm³/mol. The van der Waals surface area contributed by atoms with Gasteiger partial charge in [0.15, 0.2) is 0 Å². The van der Waals surface area contributed by atoms with E-state index in [-0.39, 0.29) is 5.91 Å². The Morgan fingerprint density at radius 1 is 1.09 bits per heavy atom. The molecule has 0 fully saturated rings. The quantitative estimate of drug-likeness (QED) is 0.309. The van der Waals surface area contributed by atoms with Gasteiger partial charge in [0.05, 0.1) is 23.9 Å². The average molecular weight is 427 g/mol. The van der Waals surface area contributed by atoms with Crippen LogP contribution >= 0.6 is 0 Å². The number of fused-ring (bicyclic) bond motifs is 1. The van der Waals surface area contributed by atoms with E-state index in [0.717, 1.165) is 28.2 Å². The van der Waals surface area contributed by atoms with E-state index in [1.54, 1.807) is 18.3 Å². The molecule has 1 amide bonds. The number of aromatic nitrogens is 2. The molecule has 0 radical (unpaired) electrons. The number of benzene rings is 3. The molecule has 6 heteroatoms. The maximum Gasteiger partial charge on any atom is 0.271 e. The number of rotatable bonds is 8. The van der Waals surface area contributed by atoms with Crippen molar-refractivity contribution in [1.29, 1.82) is 0 Å². The first-order valence-corrected chi connectivity index (χ1v) is 10.7. The van der Waals surface area contributed by atoms with E-state index < -0.39 is 0 Å². The van der Waals surface area contributed by atoms with Crippen LogP contribution in [0.2, 0.25) is 0 Å². The van der Waals surface area contributed by atoms with Crippen molar-refractivity contribution in [2.24, 2.45) is 11.0 Å². The van der Waals surface area contributed by atoms with Gasteiger partial charge >= 0.3 is 0 Å². The Morgan fingerprint density at radius 3 is 2.62 bits per heavy atom. The lowest BCUT2D eigenvalue weighted by molar-refractivity contribution is 0.0955. The third kappa shape index (κ3) is 5.60. The monoisotopic (exact) mass is 426 g/mol. The SMILES string of the molecule is CC(C)COc1ccc(/C=N\NC(=O)c2ccc3nc(Cc4ccccc4)[nH]c3c2)cc1. The highest BCUT2D eigenvalue weighted by atomic mass is 16.5. The van der Waals surface area contributed by atoms with Crippen LogP contribution in [0.5, 0.6) is 5.75 Å². The lowest BCUT2D eigenvalue weighted by atomic mass is 10.1. The molecule has 0 aliphatic rings. The van der Waals surface area contributed by atoms with Gasteiger partial charge in [0.1, 0.15) is 11.6 Å². The van der Waals surface area contributed by atoms with Gasteiger partial charge in [0.25, 0.3) is 5.91 Å². The number of nitrogens with one attached hydrogen (secondary N) is 2. The number of carbonyl (C=O) groups excluding carboxylic acids is 1. The van der Waals surface area contributed by atoms with Crippen LogP contribution in [-0.2, 0) is 6.42 Å². The van der Waals surface area contributed by atoms with Crippen molar-refractivity contribution in [1.82, 2.24) is 15.4 Å². The van der Waals surface area contributed by atoms with Crippen LogP contribution in [0.4, 0.5) is 0 Å². The van der Waals surface area contributed by atoms with Crippen molar-refractivity contribution in [2.45, 2.75) is 20.3 Å². The molecule has 4 aromatic rings. The highest BCUT2D eigenvalue weighted by molar-refractivity contribution is 5.97. The first-order chi connectivity index (χ1) is 15.6. The molecular weight excluding hydrogens is 400 g/mol. The number of nitrogens with zero attached hydrogens (tertiary/aromatic N) is 2. The Hall–Kier alpha value is -3.93. The van der Waals surface area contributed by atoms with E-state index in [1.807, 2.05) is 48.5 Å². The van der Waals surface area contributed by atoms with Gasteiger partial charge in [-0.25, -0.2) is 10.4 Å². The smallest absolute Gasteiger partial charge is 0.271 e. The fourth-order valence-electron chi connectivity index (χ4n) is 3.22. The number of aromatic amines is 1. The molecule has 0 saturated carbocycles. The fourth-order valence-corrected chi connectivity index (χ4v) is 3.22. The van der Waals surface area contributed by atoms with Crippen LogP contribution < -0.4 is 10.2 Å². The van der Waals surface area contributed by atoms with Crippen LogP contribution in [-0.4, -0.2) is 28.7 Å². The molecule has 4 rings (SSSR count). The Labute approximate surface area is 187 Å². The van der Waals surface area contributed by atoms with Crippen molar-refractivity contribution in [3.63, 3.8) is 0 Å². The molecule has 0 atom stereocenters. The van der Waals surface area contributed by atoms with E-state index in [1.165, 1.54) is 5.56 Å². The summed E-state index contributed by atoms with van der Waals surface area (Å²) in [5.74, 6) is 1.88. The number of imidazole rings is 1. The summed E-state index contributed by atoms with van der Waals surface area (Å²) >= 11 is 0. The van der Waals surface area contributed by atoms with Crippen molar-refractivity contribution in [3.05, 3.63) is 95.3 Å². The van der Waals surface area contributed by atoms with Crippen molar-refractivity contribution < 1.29 is 9.53 Å². The maximum atomic E-state index is 12.5. The molecule has 32 heavy (non-hydrogen) atoms. The molecule has 3 aromatic carbocycles. The van der Waals surface area contributed by atoms with Crippen LogP contribution in [0.25, 0.3) is 11.0 Å². The summed E-state index contributed by atoms with van der Waals surface area (Å²) in [7, 11) is 0. The number of hydrogen-bond acceptors (Lipinski definition) is 4. The minimum Gasteiger partial charge on any atom is -0.493 e. The first kappa shape index (κ1) is 21.3. The van der Waals surface area contributed by atoms with Crippen LogP contribution in [0.15, 0.2) is 77.9 Å². The number of ether oxygens (including phenoxy) is 1. The highest BCUT2D eigenvalue weighted by Gasteiger charge is 2.09. The summed E-state index contributed by atoms with van der Waals surface area (Å²) < 4.78 is 5.67. The maximum absolute atomic E-state index is 12.5. The van der Waals surface area contributed by atoms with Gasteiger partial charge in [0.2, 0.25) is 0 Å². The topological polar surface area (TPSA) is 79.4 Å². The zero-order chi connectivity index (χ0) is 22.3. The summed E-state index contributed by atoms with van der Waals surface area (Å²) in [5.41, 5.74) is 6.80. The van der Waals surface area contributed by atoms with Gasteiger partial charge in [-0.3, -0.25) is 4.79 Å². The third-order valence-electron chi connectivity index (χ3n) is 4.85. The Morgan fingerprint density at radius 2 is 1.88 bits per heavy atom. The summed E-state index contributed by atoms with van der Waals surface area (Å²) in [6.45, 7) is 4.90. The van der Waals surface area contributed by atoms with Crippen molar-refractivity contribution in [2.75, 3.05) is 6.61 Å². The summed E-state index contributed by atoms with van der Waals surface area (Å²) in [4.78, 5) is 20.4. The predicted octanol–water partition coefficient (Wildman–Crippen LogP) is 4.95. The van der Waals surface area contributed by atoms with Crippen molar-refractivity contribution in [3.8, 4) is 5.75 Å².